The zero-order valence-electron chi connectivity index (χ0n) is 13.4. The minimum Gasteiger partial charge on any atom is -0.349 e. The molecule has 0 radical (unpaired) electrons. The highest BCUT2D eigenvalue weighted by atomic mass is 32.1. The third-order valence-corrected chi connectivity index (χ3v) is 5.14. The summed E-state index contributed by atoms with van der Waals surface area (Å²) in [6.45, 7) is 1.51. The Balaban J connectivity index is 1.60. The van der Waals surface area contributed by atoms with E-state index in [4.69, 9.17) is 5.26 Å². The van der Waals surface area contributed by atoms with Crippen molar-refractivity contribution < 1.29 is 9.18 Å². The third-order valence-electron chi connectivity index (χ3n) is 4.28. The van der Waals surface area contributed by atoms with Gasteiger partial charge in [-0.25, -0.2) is 4.39 Å². The van der Waals surface area contributed by atoms with Crippen LogP contribution in [0.3, 0.4) is 0 Å². The molecule has 1 aliphatic rings. The summed E-state index contributed by atoms with van der Waals surface area (Å²) in [6.07, 6.45) is 1.19. The number of carbonyl (C=O) groups excluding carboxylic acids is 1. The van der Waals surface area contributed by atoms with Crippen molar-refractivity contribution in [3.8, 4) is 6.07 Å². The summed E-state index contributed by atoms with van der Waals surface area (Å²) in [7, 11) is 1.73. The number of halogens is 1. The Bertz CT molecular complexity index is 749. The van der Waals surface area contributed by atoms with Gasteiger partial charge in [-0.2, -0.15) is 5.26 Å². The van der Waals surface area contributed by atoms with Crippen molar-refractivity contribution in [2.24, 2.45) is 7.05 Å². The van der Waals surface area contributed by atoms with Crippen LogP contribution in [0.4, 0.5) is 4.39 Å². The maximum Gasteiger partial charge on any atom is 0.267 e. The number of aromatic nitrogens is 1. The number of thiophene rings is 1. The fourth-order valence-corrected chi connectivity index (χ4v) is 3.81. The normalized spacial score (nSPS) is 20.9. The van der Waals surface area contributed by atoms with Gasteiger partial charge in [0.1, 0.15) is 17.9 Å². The molecule has 0 unspecified atom stereocenters. The molecule has 1 N–H and O–H groups in total. The number of alkyl halides is 1. The van der Waals surface area contributed by atoms with E-state index in [0.717, 1.165) is 0 Å². The largest absolute Gasteiger partial charge is 0.349 e. The number of carbonyl (C=O) groups is 1. The molecule has 2 aromatic heterocycles. The second-order valence-electron chi connectivity index (χ2n) is 6.04. The second kappa shape index (κ2) is 7.16. The Morgan fingerprint density at radius 1 is 1.58 bits per heavy atom. The van der Waals surface area contributed by atoms with E-state index in [1.165, 1.54) is 4.88 Å². The summed E-state index contributed by atoms with van der Waals surface area (Å²) in [5.41, 5.74) is 0.887. The van der Waals surface area contributed by atoms with E-state index in [2.05, 4.69) is 10.2 Å². The van der Waals surface area contributed by atoms with Gasteiger partial charge in [0.15, 0.2) is 0 Å². The van der Waals surface area contributed by atoms with E-state index in [1.807, 2.05) is 23.6 Å². The molecule has 1 fully saturated rings. The molecule has 0 aliphatic carbocycles. The molecule has 24 heavy (non-hydrogen) atoms. The standard InChI is InChI=1S/C17H19FN4OS/c1-21-9-12(7-19)5-16(21)17(23)20-8-14-6-13(18)10-22(14)11-15-3-2-4-24-15/h2-5,9,13-14H,6,8,10-11H2,1H3,(H,20,23)/t13-,14-/m0/s1. The van der Waals surface area contributed by atoms with Crippen LogP contribution in [-0.2, 0) is 13.6 Å². The first kappa shape index (κ1) is 16.7. The molecule has 0 saturated carbocycles. The van der Waals surface area contributed by atoms with Gasteiger partial charge in [0.2, 0.25) is 0 Å². The fourth-order valence-electron chi connectivity index (χ4n) is 3.08. The monoisotopic (exact) mass is 346 g/mol. The van der Waals surface area contributed by atoms with Crippen molar-refractivity contribution in [2.75, 3.05) is 13.1 Å². The summed E-state index contributed by atoms with van der Waals surface area (Å²) in [5, 5.41) is 13.8. The van der Waals surface area contributed by atoms with Gasteiger partial charge in [-0.15, -0.1) is 11.3 Å². The van der Waals surface area contributed by atoms with Crippen LogP contribution in [-0.4, -0.2) is 40.7 Å². The van der Waals surface area contributed by atoms with Crippen molar-refractivity contribution in [1.82, 2.24) is 14.8 Å². The predicted molar refractivity (Wildman–Crippen MR) is 90.5 cm³/mol. The number of rotatable bonds is 5. The van der Waals surface area contributed by atoms with E-state index in [-0.39, 0.29) is 11.9 Å². The van der Waals surface area contributed by atoms with Crippen LogP contribution < -0.4 is 5.32 Å². The van der Waals surface area contributed by atoms with Crippen molar-refractivity contribution in [3.63, 3.8) is 0 Å². The lowest BCUT2D eigenvalue weighted by atomic mass is 10.2. The van der Waals surface area contributed by atoms with Crippen molar-refractivity contribution in [2.45, 2.75) is 25.2 Å². The average molecular weight is 346 g/mol. The fraction of sp³-hybridized carbons (Fsp3) is 0.412. The summed E-state index contributed by atoms with van der Waals surface area (Å²) in [5.74, 6) is -0.239. The molecule has 7 heteroatoms. The average Bonchev–Trinajstić information content (AvgIpc) is 3.26. The van der Waals surface area contributed by atoms with Crippen LogP contribution in [0.1, 0.15) is 27.3 Å². The van der Waals surface area contributed by atoms with Gasteiger partial charge in [-0.1, -0.05) is 6.07 Å². The lowest BCUT2D eigenvalue weighted by molar-refractivity contribution is 0.0932. The molecule has 3 heterocycles. The SMILES string of the molecule is Cn1cc(C#N)cc1C(=O)NC[C@@H]1C[C@H](F)CN1Cc1cccs1. The highest BCUT2D eigenvalue weighted by Gasteiger charge is 2.32. The van der Waals surface area contributed by atoms with Gasteiger partial charge in [0.25, 0.3) is 5.91 Å². The quantitative estimate of drug-likeness (QED) is 0.904. The maximum atomic E-state index is 13.8. The number of hydrogen-bond acceptors (Lipinski definition) is 4. The van der Waals surface area contributed by atoms with Gasteiger partial charge < -0.3 is 9.88 Å². The Morgan fingerprint density at radius 2 is 2.42 bits per heavy atom. The minimum absolute atomic E-state index is 0.0123. The summed E-state index contributed by atoms with van der Waals surface area (Å²) < 4.78 is 15.5. The number of hydrogen-bond donors (Lipinski definition) is 1. The Labute approximate surface area is 144 Å². The number of aryl methyl sites for hydroxylation is 1. The Kier molecular flexibility index (Phi) is 4.97. The molecule has 1 amide bonds. The van der Waals surface area contributed by atoms with E-state index >= 15 is 0 Å². The topological polar surface area (TPSA) is 61.1 Å². The van der Waals surface area contributed by atoms with Gasteiger partial charge >= 0.3 is 0 Å². The third kappa shape index (κ3) is 3.66. The molecule has 2 aromatic rings. The zero-order chi connectivity index (χ0) is 17.1. The van der Waals surface area contributed by atoms with Crippen LogP contribution in [0.15, 0.2) is 29.8 Å². The minimum atomic E-state index is -0.855. The Hall–Kier alpha value is -2.17. The molecule has 2 atom stereocenters. The molecule has 0 bridgehead atoms. The van der Waals surface area contributed by atoms with Crippen LogP contribution >= 0.6 is 11.3 Å². The van der Waals surface area contributed by atoms with E-state index in [9.17, 15) is 9.18 Å². The molecule has 1 saturated heterocycles. The lowest BCUT2D eigenvalue weighted by Gasteiger charge is -2.23. The maximum absolute atomic E-state index is 13.8. The summed E-state index contributed by atoms with van der Waals surface area (Å²) in [4.78, 5) is 15.6. The molecular weight excluding hydrogens is 327 g/mol. The highest BCUT2D eigenvalue weighted by molar-refractivity contribution is 7.09. The highest BCUT2D eigenvalue weighted by Crippen LogP contribution is 2.24. The Morgan fingerprint density at radius 3 is 3.08 bits per heavy atom. The summed E-state index contributed by atoms with van der Waals surface area (Å²) in [6, 6.07) is 7.60. The van der Waals surface area contributed by atoms with Gasteiger partial charge in [-0.05, 0) is 23.9 Å². The lowest BCUT2D eigenvalue weighted by Crippen LogP contribution is -2.40. The first-order valence-electron chi connectivity index (χ1n) is 7.82. The van der Waals surface area contributed by atoms with E-state index < -0.39 is 6.17 Å². The van der Waals surface area contributed by atoms with Gasteiger partial charge in [0, 0.05) is 43.8 Å². The zero-order valence-corrected chi connectivity index (χ0v) is 14.2. The smallest absolute Gasteiger partial charge is 0.267 e. The van der Waals surface area contributed by atoms with Crippen molar-refractivity contribution >= 4 is 17.2 Å². The second-order valence-corrected chi connectivity index (χ2v) is 7.07. The number of amides is 1. The molecule has 0 aromatic carbocycles. The van der Waals surface area contributed by atoms with Crippen LogP contribution in [0.5, 0.6) is 0 Å². The first-order chi connectivity index (χ1) is 11.6. The van der Waals surface area contributed by atoms with Gasteiger partial charge in [0.05, 0.1) is 5.56 Å². The molecule has 1 aliphatic heterocycles. The number of nitrogens with one attached hydrogen (secondary N) is 1. The van der Waals surface area contributed by atoms with Crippen LogP contribution in [0, 0.1) is 11.3 Å². The van der Waals surface area contributed by atoms with Gasteiger partial charge in [-0.3, -0.25) is 9.69 Å². The molecule has 5 nitrogen and oxygen atoms in total. The van der Waals surface area contributed by atoms with E-state index in [0.29, 0.717) is 37.3 Å². The van der Waals surface area contributed by atoms with E-state index in [1.54, 1.807) is 35.2 Å². The predicted octanol–water partition coefficient (Wildman–Crippen LogP) is 2.30. The molecule has 3 rings (SSSR count). The molecule has 0 spiro atoms. The number of nitrogens with zero attached hydrogens (tertiary/aromatic N) is 3. The van der Waals surface area contributed by atoms with Crippen molar-refractivity contribution in [3.05, 3.63) is 45.9 Å². The number of nitriles is 1. The first-order valence-corrected chi connectivity index (χ1v) is 8.70. The van der Waals surface area contributed by atoms with Crippen LogP contribution in [0.25, 0.3) is 0 Å². The van der Waals surface area contributed by atoms with Crippen molar-refractivity contribution in [1.29, 1.82) is 5.26 Å². The molecular formula is C17H19FN4OS. The summed E-state index contributed by atoms with van der Waals surface area (Å²) >= 11 is 1.66. The number of likely N-dealkylation sites (tertiary alicyclic amines) is 1. The van der Waals surface area contributed by atoms with Crippen LogP contribution in [0.2, 0.25) is 0 Å². The molecule has 126 valence electrons.